The van der Waals surface area contributed by atoms with Crippen LogP contribution in [0, 0.1) is 0 Å². The van der Waals surface area contributed by atoms with Gasteiger partial charge in [-0.1, -0.05) is 18.6 Å². The van der Waals surface area contributed by atoms with Crippen molar-refractivity contribution in [2.45, 2.75) is 38.8 Å². The Labute approximate surface area is 127 Å². The van der Waals surface area contributed by atoms with E-state index in [1.54, 1.807) is 18.5 Å². The minimum atomic E-state index is -3.39. The van der Waals surface area contributed by atoms with Crippen LogP contribution in [0.4, 0.5) is 0 Å². The number of piperidine rings is 1. The van der Waals surface area contributed by atoms with Crippen molar-refractivity contribution in [1.29, 1.82) is 0 Å². The van der Waals surface area contributed by atoms with Crippen LogP contribution in [0.15, 0.2) is 24.3 Å². The van der Waals surface area contributed by atoms with Gasteiger partial charge in [-0.2, -0.15) is 17.0 Å². The van der Waals surface area contributed by atoms with E-state index in [1.165, 1.54) is 4.31 Å². The summed E-state index contributed by atoms with van der Waals surface area (Å²) in [7, 11) is -0.136. The second kappa shape index (κ2) is 6.77. The van der Waals surface area contributed by atoms with E-state index in [1.807, 2.05) is 31.2 Å². The van der Waals surface area contributed by atoms with E-state index in [-0.39, 0.29) is 6.04 Å². The lowest BCUT2D eigenvalue weighted by Gasteiger charge is -2.35. The van der Waals surface area contributed by atoms with E-state index in [0.717, 1.165) is 30.6 Å². The highest BCUT2D eigenvalue weighted by Crippen LogP contribution is 2.23. The maximum Gasteiger partial charge on any atom is 0.282 e. The lowest BCUT2D eigenvalue weighted by atomic mass is 10.1. The molecule has 1 unspecified atom stereocenters. The summed E-state index contributed by atoms with van der Waals surface area (Å²) in [5, 5.41) is 0. The van der Waals surface area contributed by atoms with E-state index in [9.17, 15) is 8.42 Å². The molecule has 5 nitrogen and oxygen atoms in total. The van der Waals surface area contributed by atoms with Crippen LogP contribution in [-0.4, -0.2) is 43.8 Å². The van der Waals surface area contributed by atoms with E-state index >= 15 is 0 Å². The number of hydrogen-bond acceptors (Lipinski definition) is 3. The van der Waals surface area contributed by atoms with Crippen LogP contribution in [-0.2, 0) is 16.8 Å². The zero-order chi connectivity index (χ0) is 15.5. The van der Waals surface area contributed by atoms with Gasteiger partial charge in [-0.15, -0.1) is 0 Å². The summed E-state index contributed by atoms with van der Waals surface area (Å²) in [6.45, 7) is 2.98. The molecule has 0 bridgehead atoms. The lowest BCUT2D eigenvalue weighted by Crippen LogP contribution is -2.48. The van der Waals surface area contributed by atoms with Gasteiger partial charge in [0, 0.05) is 26.2 Å². The monoisotopic (exact) mass is 312 g/mol. The third-order valence-electron chi connectivity index (χ3n) is 4.00. The molecular formula is C15H24N2O3S. The van der Waals surface area contributed by atoms with Gasteiger partial charge < -0.3 is 4.74 Å². The van der Waals surface area contributed by atoms with Gasteiger partial charge in [0.05, 0.1) is 7.11 Å². The van der Waals surface area contributed by atoms with Crippen LogP contribution in [0.5, 0.6) is 5.75 Å². The van der Waals surface area contributed by atoms with E-state index < -0.39 is 10.2 Å². The summed E-state index contributed by atoms with van der Waals surface area (Å²) in [6.07, 6.45) is 2.99. The zero-order valence-corrected chi connectivity index (χ0v) is 13.8. The first-order valence-corrected chi connectivity index (χ1v) is 8.71. The van der Waals surface area contributed by atoms with Crippen molar-refractivity contribution in [2.75, 3.05) is 20.7 Å². The van der Waals surface area contributed by atoms with Crippen molar-refractivity contribution in [3.8, 4) is 5.75 Å². The van der Waals surface area contributed by atoms with Crippen LogP contribution in [0.1, 0.15) is 31.7 Å². The Balaban J connectivity index is 2.08. The summed E-state index contributed by atoms with van der Waals surface area (Å²) in [5.41, 5.74) is 0.950. The SMILES string of the molecule is COc1ccc(CN(C)S(=O)(=O)N2CCCCC2C)cc1. The van der Waals surface area contributed by atoms with Gasteiger partial charge in [0.15, 0.2) is 0 Å². The fourth-order valence-corrected chi connectivity index (χ4v) is 4.25. The van der Waals surface area contributed by atoms with E-state index in [0.29, 0.717) is 13.1 Å². The standard InChI is InChI=1S/C15H24N2O3S/c1-13-6-4-5-11-17(13)21(18,19)16(2)12-14-7-9-15(20-3)10-8-14/h7-10,13H,4-6,11-12H2,1-3H3. The van der Waals surface area contributed by atoms with Gasteiger partial charge in [0.25, 0.3) is 10.2 Å². The van der Waals surface area contributed by atoms with Crippen LogP contribution < -0.4 is 4.74 Å². The Morgan fingerprint density at radius 1 is 1.29 bits per heavy atom. The topological polar surface area (TPSA) is 49.9 Å². The molecule has 118 valence electrons. The van der Waals surface area contributed by atoms with Gasteiger partial charge in [0.1, 0.15) is 5.75 Å². The summed E-state index contributed by atoms with van der Waals surface area (Å²) in [6, 6.07) is 7.57. The molecule has 1 atom stereocenters. The van der Waals surface area contributed by atoms with Crippen LogP contribution in [0.2, 0.25) is 0 Å². The molecular weight excluding hydrogens is 288 g/mol. The predicted octanol–water partition coefficient (Wildman–Crippen LogP) is 2.25. The van der Waals surface area contributed by atoms with Crippen molar-refractivity contribution in [3.63, 3.8) is 0 Å². The Bertz CT molecular complexity index is 557. The normalized spacial score (nSPS) is 20.7. The van der Waals surface area contributed by atoms with Gasteiger partial charge >= 0.3 is 0 Å². The third kappa shape index (κ3) is 3.75. The molecule has 1 aliphatic rings. The summed E-state index contributed by atoms with van der Waals surface area (Å²) in [5.74, 6) is 0.772. The quantitative estimate of drug-likeness (QED) is 0.838. The Morgan fingerprint density at radius 2 is 1.95 bits per heavy atom. The molecule has 1 fully saturated rings. The highest BCUT2D eigenvalue weighted by molar-refractivity contribution is 7.86. The minimum absolute atomic E-state index is 0.0852. The highest BCUT2D eigenvalue weighted by atomic mass is 32.2. The number of nitrogens with zero attached hydrogens (tertiary/aromatic N) is 2. The molecule has 1 aromatic rings. The van der Waals surface area contributed by atoms with Crippen LogP contribution >= 0.6 is 0 Å². The average Bonchev–Trinajstić information content (AvgIpc) is 2.48. The van der Waals surface area contributed by atoms with Gasteiger partial charge in [-0.25, -0.2) is 0 Å². The largest absolute Gasteiger partial charge is 0.497 e. The zero-order valence-electron chi connectivity index (χ0n) is 12.9. The second-order valence-electron chi connectivity index (χ2n) is 5.57. The molecule has 1 heterocycles. The number of hydrogen-bond donors (Lipinski definition) is 0. The first-order chi connectivity index (χ1) is 9.95. The summed E-state index contributed by atoms with van der Waals surface area (Å²) >= 11 is 0. The molecule has 2 rings (SSSR count). The van der Waals surface area contributed by atoms with Gasteiger partial charge in [-0.05, 0) is 37.5 Å². The van der Waals surface area contributed by atoms with Crippen molar-refractivity contribution in [2.24, 2.45) is 0 Å². The third-order valence-corrected chi connectivity index (χ3v) is 6.05. The van der Waals surface area contributed by atoms with Crippen molar-refractivity contribution in [1.82, 2.24) is 8.61 Å². The number of benzene rings is 1. The minimum Gasteiger partial charge on any atom is -0.497 e. The molecule has 0 aliphatic carbocycles. The molecule has 0 amide bonds. The van der Waals surface area contributed by atoms with Crippen LogP contribution in [0.3, 0.4) is 0 Å². The van der Waals surface area contributed by atoms with E-state index in [4.69, 9.17) is 4.74 Å². The number of methoxy groups -OCH3 is 1. The van der Waals surface area contributed by atoms with Crippen molar-refractivity contribution in [3.05, 3.63) is 29.8 Å². The molecule has 1 saturated heterocycles. The fraction of sp³-hybridized carbons (Fsp3) is 0.600. The fourth-order valence-electron chi connectivity index (χ4n) is 2.66. The highest BCUT2D eigenvalue weighted by Gasteiger charge is 2.32. The molecule has 1 aromatic carbocycles. The molecule has 0 spiro atoms. The number of rotatable bonds is 5. The maximum absolute atomic E-state index is 12.7. The molecule has 0 saturated carbocycles. The number of ether oxygens (including phenoxy) is 1. The Morgan fingerprint density at radius 3 is 2.52 bits per heavy atom. The molecule has 1 aliphatic heterocycles. The average molecular weight is 312 g/mol. The summed E-state index contributed by atoms with van der Waals surface area (Å²) in [4.78, 5) is 0. The first kappa shape index (κ1) is 16.3. The molecule has 0 radical (unpaired) electrons. The van der Waals surface area contributed by atoms with Crippen LogP contribution in [0.25, 0.3) is 0 Å². The predicted molar refractivity (Wildman–Crippen MR) is 83.4 cm³/mol. The maximum atomic E-state index is 12.7. The van der Waals surface area contributed by atoms with Gasteiger partial charge in [0.2, 0.25) is 0 Å². The molecule has 21 heavy (non-hydrogen) atoms. The molecule has 0 aromatic heterocycles. The second-order valence-corrected chi connectivity index (χ2v) is 7.56. The van der Waals surface area contributed by atoms with E-state index in [2.05, 4.69) is 0 Å². The lowest BCUT2D eigenvalue weighted by molar-refractivity contribution is 0.249. The molecule has 6 heteroatoms. The first-order valence-electron chi connectivity index (χ1n) is 7.31. The summed E-state index contributed by atoms with van der Waals surface area (Å²) < 4.78 is 33.5. The Hall–Kier alpha value is -1.11. The smallest absolute Gasteiger partial charge is 0.282 e. The van der Waals surface area contributed by atoms with Crippen molar-refractivity contribution < 1.29 is 13.2 Å². The Kier molecular flexibility index (Phi) is 5.24. The molecule has 0 N–H and O–H groups in total. The van der Waals surface area contributed by atoms with Crippen molar-refractivity contribution >= 4 is 10.2 Å². The van der Waals surface area contributed by atoms with Gasteiger partial charge in [-0.3, -0.25) is 0 Å².